The first-order valence-electron chi connectivity index (χ1n) is 7.49. The van der Waals surface area contributed by atoms with E-state index in [-0.39, 0.29) is 6.61 Å². The molecule has 2 aromatic rings. The van der Waals surface area contributed by atoms with Crippen molar-refractivity contribution in [3.8, 4) is 0 Å². The zero-order chi connectivity index (χ0) is 15.4. The van der Waals surface area contributed by atoms with Gasteiger partial charge in [0, 0.05) is 25.8 Å². The van der Waals surface area contributed by atoms with Gasteiger partial charge in [0.2, 0.25) is 0 Å². The Balaban J connectivity index is 2.37. The molecule has 0 spiro atoms. The number of anilines is 1. The number of aliphatic hydroxyl groups excluding tert-OH is 1. The number of rotatable bonds is 7. The predicted octanol–water partition coefficient (Wildman–Crippen LogP) is 1.85. The van der Waals surface area contributed by atoms with Crippen LogP contribution in [0.2, 0.25) is 0 Å². The average Bonchev–Trinajstić information content (AvgIpc) is 2.81. The summed E-state index contributed by atoms with van der Waals surface area (Å²) in [5.41, 5.74) is 1.75. The maximum absolute atomic E-state index is 9.77. The molecule has 0 aromatic carbocycles. The number of nitrogens with zero attached hydrogens (tertiary/aromatic N) is 4. The zero-order valence-corrected chi connectivity index (χ0v) is 13.5. The van der Waals surface area contributed by atoms with E-state index in [9.17, 15) is 5.11 Å². The van der Waals surface area contributed by atoms with Crippen LogP contribution in [0.15, 0.2) is 24.4 Å². The Hall–Kier alpha value is -1.59. The minimum absolute atomic E-state index is 0.00290. The largest absolute Gasteiger partial charge is 0.390 e. The van der Waals surface area contributed by atoms with Gasteiger partial charge in [-0.15, -0.1) is 0 Å². The Kier molecular flexibility index (Phi) is 5.20. The van der Waals surface area contributed by atoms with E-state index < -0.39 is 0 Å². The normalized spacial score (nSPS) is 11.8. The van der Waals surface area contributed by atoms with Crippen molar-refractivity contribution in [1.29, 1.82) is 0 Å². The van der Waals surface area contributed by atoms with E-state index in [2.05, 4.69) is 37.7 Å². The van der Waals surface area contributed by atoms with E-state index in [0.717, 1.165) is 36.8 Å². The van der Waals surface area contributed by atoms with E-state index in [0.29, 0.717) is 5.92 Å². The Bertz CT molecular complexity index is 577. The zero-order valence-electron chi connectivity index (χ0n) is 13.5. The fourth-order valence-electron chi connectivity index (χ4n) is 2.48. The van der Waals surface area contributed by atoms with E-state index in [1.165, 1.54) is 0 Å². The van der Waals surface area contributed by atoms with E-state index in [4.69, 9.17) is 4.98 Å². The summed E-state index contributed by atoms with van der Waals surface area (Å²) in [6, 6.07) is 5.91. The number of aliphatic hydroxyl groups is 1. The first-order valence-corrected chi connectivity index (χ1v) is 7.49. The molecule has 0 unspecified atom stereocenters. The first kappa shape index (κ1) is 15.8. The molecule has 2 rings (SSSR count). The maximum Gasteiger partial charge on any atom is 0.153 e. The minimum Gasteiger partial charge on any atom is -0.390 e. The van der Waals surface area contributed by atoms with Crippen LogP contribution in [0.25, 0.3) is 5.65 Å². The standard InChI is InChI=1S/C16H26N4O/c1-13(2)11-19(10-9-18(3)4)16-14(12-21)20-8-6-5-7-15(20)17-16/h5-8,13,21H,9-12H2,1-4H3. The molecule has 0 radical (unpaired) electrons. The van der Waals surface area contributed by atoms with Gasteiger partial charge < -0.3 is 14.9 Å². The number of hydrogen-bond acceptors (Lipinski definition) is 4. The average molecular weight is 290 g/mol. The van der Waals surface area contributed by atoms with Crippen molar-refractivity contribution < 1.29 is 5.11 Å². The van der Waals surface area contributed by atoms with Crippen molar-refractivity contribution in [2.75, 3.05) is 38.6 Å². The molecule has 0 aliphatic rings. The van der Waals surface area contributed by atoms with E-state index in [1.54, 1.807) is 0 Å². The van der Waals surface area contributed by atoms with Gasteiger partial charge in [-0.1, -0.05) is 19.9 Å². The molecule has 1 N–H and O–H groups in total. The fraction of sp³-hybridized carbons (Fsp3) is 0.562. The highest BCUT2D eigenvalue weighted by Gasteiger charge is 2.18. The second kappa shape index (κ2) is 6.91. The Morgan fingerprint density at radius 1 is 1.24 bits per heavy atom. The molecule has 116 valence electrons. The Morgan fingerprint density at radius 3 is 2.62 bits per heavy atom. The number of fused-ring (bicyclic) bond motifs is 1. The molecule has 2 heterocycles. The van der Waals surface area contributed by atoms with E-state index in [1.807, 2.05) is 28.8 Å². The lowest BCUT2D eigenvalue weighted by Crippen LogP contribution is -2.35. The number of likely N-dealkylation sites (N-methyl/N-ethyl adjacent to an activating group) is 1. The smallest absolute Gasteiger partial charge is 0.153 e. The molecular weight excluding hydrogens is 264 g/mol. The molecule has 0 fully saturated rings. The van der Waals surface area contributed by atoms with Gasteiger partial charge in [0.15, 0.2) is 5.82 Å². The monoisotopic (exact) mass is 290 g/mol. The molecule has 0 aliphatic carbocycles. The summed E-state index contributed by atoms with van der Waals surface area (Å²) in [5, 5.41) is 9.77. The molecule has 0 amide bonds. The molecule has 21 heavy (non-hydrogen) atoms. The summed E-state index contributed by atoms with van der Waals surface area (Å²) >= 11 is 0. The van der Waals surface area contributed by atoms with Crippen LogP contribution in [0.3, 0.4) is 0 Å². The topological polar surface area (TPSA) is 44.0 Å². The summed E-state index contributed by atoms with van der Waals surface area (Å²) in [7, 11) is 4.15. The van der Waals surface area contributed by atoms with Gasteiger partial charge in [-0.25, -0.2) is 4.98 Å². The van der Waals surface area contributed by atoms with Gasteiger partial charge in [0.1, 0.15) is 5.65 Å². The van der Waals surface area contributed by atoms with Crippen LogP contribution in [-0.4, -0.2) is 53.1 Å². The number of imidazole rings is 1. The minimum atomic E-state index is -0.00290. The Labute approximate surface area is 126 Å². The van der Waals surface area contributed by atoms with Crippen LogP contribution in [0, 0.1) is 5.92 Å². The lowest BCUT2D eigenvalue weighted by Gasteiger charge is -2.27. The molecule has 5 nitrogen and oxygen atoms in total. The van der Waals surface area contributed by atoms with Gasteiger partial charge in [0.25, 0.3) is 0 Å². The summed E-state index contributed by atoms with van der Waals surface area (Å²) in [6.45, 7) is 7.21. The van der Waals surface area contributed by atoms with Crippen LogP contribution in [0.1, 0.15) is 19.5 Å². The summed E-state index contributed by atoms with van der Waals surface area (Å²) in [5.74, 6) is 1.45. The van der Waals surface area contributed by atoms with Crippen LogP contribution in [-0.2, 0) is 6.61 Å². The molecule has 5 heteroatoms. The van der Waals surface area contributed by atoms with Crippen molar-refractivity contribution >= 4 is 11.5 Å². The summed E-state index contributed by atoms with van der Waals surface area (Å²) in [4.78, 5) is 9.17. The quantitative estimate of drug-likeness (QED) is 0.845. The Morgan fingerprint density at radius 2 is 2.00 bits per heavy atom. The van der Waals surface area contributed by atoms with Crippen molar-refractivity contribution in [3.63, 3.8) is 0 Å². The number of hydrogen-bond donors (Lipinski definition) is 1. The van der Waals surface area contributed by atoms with Crippen molar-refractivity contribution in [3.05, 3.63) is 30.1 Å². The molecule has 0 atom stereocenters. The third-order valence-electron chi connectivity index (χ3n) is 3.46. The van der Waals surface area contributed by atoms with Crippen LogP contribution in [0.5, 0.6) is 0 Å². The number of pyridine rings is 1. The van der Waals surface area contributed by atoms with Crippen LogP contribution in [0.4, 0.5) is 5.82 Å². The van der Waals surface area contributed by atoms with Crippen LogP contribution >= 0.6 is 0 Å². The highest BCUT2D eigenvalue weighted by Crippen LogP contribution is 2.22. The second-order valence-electron chi connectivity index (χ2n) is 6.11. The summed E-state index contributed by atoms with van der Waals surface area (Å²) < 4.78 is 1.97. The summed E-state index contributed by atoms with van der Waals surface area (Å²) in [6.07, 6.45) is 1.96. The van der Waals surface area contributed by atoms with Gasteiger partial charge in [-0.05, 0) is 32.1 Å². The molecule has 0 bridgehead atoms. The highest BCUT2D eigenvalue weighted by molar-refractivity contribution is 5.55. The third kappa shape index (κ3) is 3.74. The predicted molar refractivity (Wildman–Crippen MR) is 86.7 cm³/mol. The molecule has 0 aliphatic heterocycles. The van der Waals surface area contributed by atoms with Crippen molar-refractivity contribution in [2.24, 2.45) is 5.92 Å². The lowest BCUT2D eigenvalue weighted by molar-refractivity contribution is 0.275. The fourth-order valence-corrected chi connectivity index (χ4v) is 2.48. The van der Waals surface area contributed by atoms with Gasteiger partial charge in [-0.3, -0.25) is 4.40 Å². The first-order chi connectivity index (χ1) is 10.0. The van der Waals surface area contributed by atoms with Crippen molar-refractivity contribution in [2.45, 2.75) is 20.5 Å². The second-order valence-corrected chi connectivity index (χ2v) is 6.11. The van der Waals surface area contributed by atoms with Crippen LogP contribution < -0.4 is 4.90 Å². The third-order valence-corrected chi connectivity index (χ3v) is 3.46. The molecular formula is C16H26N4O. The van der Waals surface area contributed by atoms with Gasteiger partial charge in [0.05, 0.1) is 12.3 Å². The maximum atomic E-state index is 9.77. The molecule has 0 saturated heterocycles. The molecule has 2 aromatic heterocycles. The highest BCUT2D eigenvalue weighted by atomic mass is 16.3. The number of aromatic nitrogens is 2. The van der Waals surface area contributed by atoms with Gasteiger partial charge >= 0.3 is 0 Å². The van der Waals surface area contributed by atoms with E-state index >= 15 is 0 Å². The molecule has 0 saturated carbocycles. The lowest BCUT2D eigenvalue weighted by atomic mass is 10.2. The van der Waals surface area contributed by atoms with Gasteiger partial charge in [-0.2, -0.15) is 0 Å². The SMILES string of the molecule is CC(C)CN(CCN(C)C)c1nc2ccccn2c1CO. The van der Waals surface area contributed by atoms with Crippen molar-refractivity contribution in [1.82, 2.24) is 14.3 Å².